The summed E-state index contributed by atoms with van der Waals surface area (Å²) in [4.78, 5) is 49.2. The number of methoxy groups -OCH3 is 1. The van der Waals surface area contributed by atoms with E-state index in [9.17, 15) is 19.5 Å². The van der Waals surface area contributed by atoms with Gasteiger partial charge in [0.15, 0.2) is 0 Å². The topological polar surface area (TPSA) is 138 Å². The van der Waals surface area contributed by atoms with Crippen LogP contribution in [0, 0.1) is 11.3 Å². The minimum absolute atomic E-state index is 0.0669. The fourth-order valence-corrected chi connectivity index (χ4v) is 9.47. The van der Waals surface area contributed by atoms with Crippen LogP contribution in [0.1, 0.15) is 89.1 Å². The van der Waals surface area contributed by atoms with Crippen molar-refractivity contribution in [2.45, 2.75) is 110 Å². The molecule has 1 saturated carbocycles. The number of carbonyl (C=O) groups is 3. The molecule has 1 aliphatic carbocycles. The predicted octanol–water partition coefficient (Wildman–Crippen LogP) is 6.57. The second kappa shape index (κ2) is 17.2. The average molecular weight is 793 g/mol. The number of rotatable bonds is 8. The molecular weight excluding hydrogens is 733 g/mol. The van der Waals surface area contributed by atoms with E-state index in [0.717, 1.165) is 70.2 Å². The number of phenols is 1. The summed E-state index contributed by atoms with van der Waals surface area (Å²) in [5, 5.41) is 16.9. The number of nitrogens with zero attached hydrogens (tertiary/aromatic N) is 4. The molecule has 0 unspecified atom stereocenters. The van der Waals surface area contributed by atoms with Crippen LogP contribution < -0.4 is 10.7 Å². The van der Waals surface area contributed by atoms with Gasteiger partial charge in [0.05, 0.1) is 30.1 Å². The number of amides is 2. The van der Waals surface area contributed by atoms with E-state index in [2.05, 4.69) is 60.3 Å². The van der Waals surface area contributed by atoms with Crippen molar-refractivity contribution in [1.82, 2.24) is 30.2 Å². The number of hydrogen-bond donors (Lipinski definition) is 3. The third-order valence-corrected chi connectivity index (χ3v) is 12.4. The molecule has 58 heavy (non-hydrogen) atoms. The summed E-state index contributed by atoms with van der Waals surface area (Å²) in [7, 11) is 5.51. The third kappa shape index (κ3) is 8.51. The van der Waals surface area contributed by atoms with Gasteiger partial charge in [-0.25, -0.2) is 5.43 Å². The molecular formula is C46H60N6O6. The molecule has 4 aromatic rings. The maximum Gasteiger partial charge on any atom is 0.324 e. The molecule has 4 atom stereocenters. The SMILES string of the molecule is CCn1c(-c2cccnc2[C@H](C)OC)c2c3cc(ccc31)-c1cc(O)cc(c1)C[C@H](NC(=O)[C@H](C1CCCC1)N(C)C)C(=O)N1CCC[C@H](N1)C(=O)OCC(C)(C)C2. The number of ether oxygens (including phenoxy) is 2. The first-order valence-corrected chi connectivity index (χ1v) is 21.0. The highest BCUT2D eigenvalue weighted by molar-refractivity contribution is 5.95. The van der Waals surface area contributed by atoms with Gasteiger partial charge in [-0.1, -0.05) is 38.8 Å². The average Bonchev–Trinajstić information content (AvgIpc) is 3.84. The Morgan fingerprint density at radius 2 is 1.86 bits per heavy atom. The normalized spacial score (nSPS) is 21.5. The van der Waals surface area contributed by atoms with Gasteiger partial charge in [0.2, 0.25) is 5.91 Å². The van der Waals surface area contributed by atoms with Crippen molar-refractivity contribution in [1.29, 1.82) is 0 Å². The summed E-state index contributed by atoms with van der Waals surface area (Å²) in [6, 6.07) is 13.8. The number of nitrogens with one attached hydrogen (secondary N) is 2. The van der Waals surface area contributed by atoms with E-state index in [4.69, 9.17) is 14.5 Å². The minimum Gasteiger partial charge on any atom is -0.508 e. The Morgan fingerprint density at radius 1 is 1.09 bits per heavy atom. The Labute approximate surface area is 342 Å². The zero-order valence-corrected chi connectivity index (χ0v) is 35.1. The molecule has 2 aromatic carbocycles. The maximum atomic E-state index is 14.5. The summed E-state index contributed by atoms with van der Waals surface area (Å²) in [5.41, 5.74) is 10.1. The molecule has 2 aromatic heterocycles. The molecule has 2 aliphatic heterocycles. The lowest BCUT2D eigenvalue weighted by Crippen LogP contribution is -2.61. The molecule has 2 amide bonds. The highest BCUT2D eigenvalue weighted by Gasteiger charge is 2.38. The van der Waals surface area contributed by atoms with E-state index in [1.807, 2.05) is 38.1 Å². The molecule has 3 aliphatic rings. The van der Waals surface area contributed by atoms with E-state index in [-0.39, 0.29) is 48.7 Å². The lowest BCUT2D eigenvalue weighted by atomic mass is 9.84. The number of hydrogen-bond acceptors (Lipinski definition) is 9. The molecule has 4 heterocycles. The molecule has 2 fully saturated rings. The summed E-state index contributed by atoms with van der Waals surface area (Å²) in [6.45, 7) is 9.59. The van der Waals surface area contributed by atoms with Crippen LogP contribution in [0.15, 0.2) is 54.7 Å². The number of likely N-dealkylation sites (N-methyl/N-ethyl adjacent to an activating group) is 1. The van der Waals surface area contributed by atoms with Crippen molar-refractivity contribution in [2.24, 2.45) is 11.3 Å². The molecule has 0 spiro atoms. The maximum absolute atomic E-state index is 14.5. The second-order valence-corrected chi connectivity index (χ2v) is 17.5. The van der Waals surface area contributed by atoms with Crippen LogP contribution in [0.25, 0.3) is 33.3 Å². The number of aryl methyl sites for hydroxylation is 1. The fraction of sp³-hybridized carbons (Fsp3) is 0.522. The van der Waals surface area contributed by atoms with Gasteiger partial charge in [-0.3, -0.25) is 29.3 Å². The number of pyridine rings is 1. The highest BCUT2D eigenvalue weighted by atomic mass is 16.5. The largest absolute Gasteiger partial charge is 0.508 e. The van der Waals surface area contributed by atoms with Crippen molar-refractivity contribution in [3.05, 3.63) is 71.5 Å². The smallest absolute Gasteiger partial charge is 0.324 e. The van der Waals surface area contributed by atoms with Gasteiger partial charge < -0.3 is 24.5 Å². The molecule has 3 N–H and O–H groups in total. The van der Waals surface area contributed by atoms with Gasteiger partial charge in [-0.2, -0.15) is 0 Å². The van der Waals surface area contributed by atoms with E-state index in [1.54, 1.807) is 25.4 Å². The van der Waals surface area contributed by atoms with Gasteiger partial charge in [-0.15, -0.1) is 0 Å². The van der Waals surface area contributed by atoms with Crippen LogP contribution in [0.2, 0.25) is 0 Å². The first-order valence-electron chi connectivity index (χ1n) is 21.0. The van der Waals surface area contributed by atoms with Crippen molar-refractivity contribution in [3.8, 4) is 28.1 Å². The Hall–Kier alpha value is -4.78. The lowest BCUT2D eigenvalue weighted by molar-refractivity contribution is -0.155. The van der Waals surface area contributed by atoms with E-state index in [0.29, 0.717) is 37.9 Å². The van der Waals surface area contributed by atoms with E-state index >= 15 is 0 Å². The Kier molecular flexibility index (Phi) is 12.3. The first-order chi connectivity index (χ1) is 27.8. The van der Waals surface area contributed by atoms with Crippen LogP contribution in [0.3, 0.4) is 0 Å². The first kappa shape index (κ1) is 41.4. The lowest BCUT2D eigenvalue weighted by Gasteiger charge is -2.36. The number of hydrazine groups is 1. The minimum atomic E-state index is -0.954. The number of fused-ring (bicyclic) bond motifs is 6. The van der Waals surface area contributed by atoms with Gasteiger partial charge in [0.25, 0.3) is 5.91 Å². The highest BCUT2D eigenvalue weighted by Crippen LogP contribution is 2.42. The number of aromatic nitrogens is 2. The Morgan fingerprint density at radius 3 is 2.59 bits per heavy atom. The summed E-state index contributed by atoms with van der Waals surface area (Å²) in [6.07, 6.45) is 7.47. The summed E-state index contributed by atoms with van der Waals surface area (Å²) in [5.74, 6) is -0.681. The van der Waals surface area contributed by atoms with Crippen molar-refractivity contribution in [3.63, 3.8) is 0 Å². The number of carbonyl (C=O) groups excluding carboxylic acids is 3. The summed E-state index contributed by atoms with van der Waals surface area (Å²) < 4.78 is 14.2. The van der Waals surface area contributed by atoms with Crippen LogP contribution >= 0.6 is 0 Å². The molecule has 12 heteroatoms. The van der Waals surface area contributed by atoms with E-state index < -0.39 is 23.5 Å². The second-order valence-electron chi connectivity index (χ2n) is 17.5. The van der Waals surface area contributed by atoms with E-state index in [1.165, 1.54) is 5.01 Å². The molecule has 0 radical (unpaired) electrons. The van der Waals surface area contributed by atoms with Gasteiger partial charge in [-0.05, 0) is 125 Å². The number of cyclic esters (lactones) is 1. The third-order valence-electron chi connectivity index (χ3n) is 12.4. The molecule has 12 nitrogen and oxygen atoms in total. The number of aromatic hydroxyl groups is 1. The van der Waals surface area contributed by atoms with Crippen molar-refractivity contribution in [2.75, 3.05) is 34.4 Å². The van der Waals surface area contributed by atoms with Gasteiger partial charge >= 0.3 is 5.97 Å². The van der Waals surface area contributed by atoms with Gasteiger partial charge in [0.1, 0.15) is 17.8 Å². The molecule has 310 valence electrons. The summed E-state index contributed by atoms with van der Waals surface area (Å²) >= 11 is 0. The van der Waals surface area contributed by atoms with Crippen LogP contribution in [-0.2, 0) is 43.2 Å². The number of phenolic OH excluding ortho intramolecular Hbond substituents is 1. The Balaban J connectivity index is 1.37. The standard InChI is InChI=1S/C46H60N6O6/c1-8-51-39-18-17-31-25-35(39)36(42(51)34-15-11-19-47-40(34)28(2)57-7)26-46(3,4)27-58-45(56)37-16-12-20-52(49-37)44(55)38(23-29-21-32(31)24-33(53)22-29)48-43(54)41(50(5)6)30-13-9-10-14-30/h11,15,17-19,21-22,24-25,28,30,37-38,41,49,53H,8-10,12-14,16,20,23,26-27H2,1-7H3,(H,48,54)/t28-,37-,38-,41-/m0/s1. The zero-order valence-electron chi connectivity index (χ0n) is 35.1. The predicted molar refractivity (Wildman–Crippen MR) is 225 cm³/mol. The number of esters is 1. The molecule has 1 saturated heterocycles. The fourth-order valence-electron chi connectivity index (χ4n) is 9.47. The number of benzene rings is 2. The van der Waals surface area contributed by atoms with Crippen LogP contribution in [0.5, 0.6) is 5.75 Å². The Bertz CT molecular complexity index is 2160. The van der Waals surface area contributed by atoms with Gasteiger partial charge in [0, 0.05) is 54.7 Å². The van der Waals surface area contributed by atoms with Crippen molar-refractivity contribution < 1.29 is 29.0 Å². The molecule has 6 bridgehead atoms. The monoisotopic (exact) mass is 792 g/mol. The van der Waals surface area contributed by atoms with Crippen LogP contribution in [-0.4, -0.2) is 94.8 Å². The molecule has 7 rings (SSSR count). The zero-order chi connectivity index (χ0) is 41.3. The van der Waals surface area contributed by atoms with Crippen molar-refractivity contribution >= 4 is 28.7 Å². The van der Waals surface area contributed by atoms with Crippen LogP contribution in [0.4, 0.5) is 0 Å². The quantitative estimate of drug-likeness (QED) is 0.169.